The second kappa shape index (κ2) is 5.83. The van der Waals surface area contributed by atoms with E-state index >= 15 is 0 Å². The predicted octanol–water partition coefficient (Wildman–Crippen LogP) is 2.59. The molecule has 0 amide bonds. The van der Waals surface area contributed by atoms with Gasteiger partial charge >= 0.3 is 12.4 Å². The first-order valence-electron chi connectivity index (χ1n) is 3.51. The van der Waals surface area contributed by atoms with Gasteiger partial charge in [-0.25, -0.2) is 0 Å². The van der Waals surface area contributed by atoms with Crippen LogP contribution in [0.2, 0.25) is 0 Å². The monoisotopic (exact) mass is 259 g/mol. The molecule has 0 aliphatic heterocycles. The summed E-state index contributed by atoms with van der Waals surface area (Å²) in [5, 5.41) is 2.07. The average Bonchev–Trinajstić information content (AvgIpc) is 2.00. The fourth-order valence-electron chi connectivity index (χ4n) is 0.430. The van der Waals surface area contributed by atoms with Crippen LogP contribution in [0.1, 0.15) is 0 Å². The molecule has 0 aromatic carbocycles. The molecule has 0 aromatic heterocycles. The van der Waals surface area contributed by atoms with Crippen LogP contribution in [0.4, 0.5) is 26.3 Å². The van der Waals surface area contributed by atoms with Crippen LogP contribution in [0.3, 0.4) is 0 Å². The summed E-state index contributed by atoms with van der Waals surface area (Å²) in [6.45, 7) is -3.31. The van der Waals surface area contributed by atoms with Gasteiger partial charge in [0, 0.05) is 0 Å². The number of halogens is 6. The van der Waals surface area contributed by atoms with E-state index in [2.05, 4.69) is 14.1 Å². The zero-order valence-corrected chi connectivity index (χ0v) is 8.34. The van der Waals surface area contributed by atoms with E-state index in [4.69, 9.17) is 0 Å². The van der Waals surface area contributed by atoms with Crippen LogP contribution in [0, 0.1) is 0 Å². The maximum atomic E-state index is 11.6. The smallest absolute Gasteiger partial charge is 0.313 e. The van der Waals surface area contributed by atoms with E-state index in [1.165, 1.54) is 0 Å². The highest BCUT2D eigenvalue weighted by atomic mass is 31.2. The van der Waals surface area contributed by atoms with Gasteiger partial charge in [-0.15, -0.1) is 0 Å². The van der Waals surface area contributed by atoms with Crippen LogP contribution >= 0.6 is 8.53 Å². The van der Waals surface area contributed by atoms with Gasteiger partial charge in [0.05, 0.1) is 0 Å². The molecule has 0 spiro atoms. The zero-order chi connectivity index (χ0) is 12.1. The Labute approximate surface area is 82.7 Å². The molecule has 0 aliphatic rings. The Morgan fingerprint density at radius 1 is 0.933 bits per heavy atom. The summed E-state index contributed by atoms with van der Waals surface area (Å²) in [7, 11) is -1.24. The van der Waals surface area contributed by atoms with E-state index in [0.717, 1.165) is 7.05 Å². The van der Waals surface area contributed by atoms with E-state index in [0.29, 0.717) is 0 Å². The van der Waals surface area contributed by atoms with Gasteiger partial charge in [-0.1, -0.05) is 0 Å². The molecule has 15 heavy (non-hydrogen) atoms. The van der Waals surface area contributed by atoms with Gasteiger partial charge < -0.3 is 9.05 Å². The highest BCUT2D eigenvalue weighted by Gasteiger charge is 2.32. The molecule has 0 aliphatic carbocycles. The second-order valence-electron chi connectivity index (χ2n) is 2.26. The minimum Gasteiger partial charge on any atom is -0.313 e. The Bertz CT molecular complexity index is 165. The first kappa shape index (κ1) is 14.9. The van der Waals surface area contributed by atoms with Crippen molar-refractivity contribution in [3.63, 3.8) is 0 Å². The summed E-state index contributed by atoms with van der Waals surface area (Å²) in [4.78, 5) is 0. The molecule has 0 aromatic rings. The zero-order valence-electron chi connectivity index (χ0n) is 7.45. The summed E-state index contributed by atoms with van der Waals surface area (Å²) in [5.74, 6) is 0. The Morgan fingerprint density at radius 2 is 1.27 bits per heavy atom. The molecular formula is C5H8F6NO2P. The van der Waals surface area contributed by atoms with Crippen molar-refractivity contribution in [2.45, 2.75) is 12.4 Å². The van der Waals surface area contributed by atoms with Gasteiger partial charge in [-0.2, -0.15) is 26.3 Å². The number of hydrogen-bond donors (Lipinski definition) is 1. The van der Waals surface area contributed by atoms with Crippen LogP contribution < -0.4 is 5.09 Å². The molecule has 0 unspecified atom stereocenters. The van der Waals surface area contributed by atoms with Crippen LogP contribution in [-0.2, 0) is 9.05 Å². The van der Waals surface area contributed by atoms with Crippen molar-refractivity contribution < 1.29 is 35.4 Å². The SMILES string of the molecule is CNP(OCC(F)(F)F)OCC(F)(F)F. The van der Waals surface area contributed by atoms with E-state index in [9.17, 15) is 26.3 Å². The van der Waals surface area contributed by atoms with Gasteiger partial charge in [-0.05, 0) is 7.05 Å². The number of hydrogen-bond acceptors (Lipinski definition) is 3. The third-order valence-electron chi connectivity index (χ3n) is 0.874. The molecule has 3 nitrogen and oxygen atoms in total. The van der Waals surface area contributed by atoms with Crippen molar-refractivity contribution in [1.29, 1.82) is 0 Å². The molecule has 0 rings (SSSR count). The Morgan fingerprint density at radius 3 is 1.47 bits per heavy atom. The molecule has 0 heterocycles. The fourth-order valence-corrected chi connectivity index (χ4v) is 1.29. The first-order valence-corrected chi connectivity index (χ1v) is 4.68. The third kappa shape index (κ3) is 10.2. The van der Waals surface area contributed by atoms with Crippen molar-refractivity contribution in [3.8, 4) is 0 Å². The number of alkyl halides is 6. The Balaban J connectivity index is 3.84. The standard InChI is InChI=1S/C5H8F6NO2P/c1-12-15(13-2-4(6,7)8)14-3-5(9,10)11/h12H,2-3H2,1H3. The summed E-state index contributed by atoms with van der Waals surface area (Å²) in [5.41, 5.74) is 0. The molecular weight excluding hydrogens is 251 g/mol. The van der Waals surface area contributed by atoms with Crippen molar-refractivity contribution in [2.24, 2.45) is 0 Å². The largest absolute Gasteiger partial charge is 0.412 e. The van der Waals surface area contributed by atoms with Crippen LogP contribution in [0.15, 0.2) is 0 Å². The molecule has 0 radical (unpaired) electrons. The van der Waals surface area contributed by atoms with Crippen LogP contribution in [0.5, 0.6) is 0 Å². The van der Waals surface area contributed by atoms with E-state index in [1.54, 1.807) is 0 Å². The lowest BCUT2D eigenvalue weighted by atomic mass is 10.7. The molecule has 0 fully saturated rings. The molecule has 0 saturated carbocycles. The molecule has 92 valence electrons. The Kier molecular flexibility index (Phi) is 5.79. The van der Waals surface area contributed by atoms with E-state index in [1.807, 2.05) is 0 Å². The van der Waals surface area contributed by atoms with Crippen LogP contribution in [0.25, 0.3) is 0 Å². The third-order valence-corrected chi connectivity index (χ3v) is 1.97. The van der Waals surface area contributed by atoms with Gasteiger partial charge in [-0.3, -0.25) is 5.09 Å². The quantitative estimate of drug-likeness (QED) is 0.608. The molecule has 0 atom stereocenters. The maximum absolute atomic E-state index is 11.6. The lowest BCUT2D eigenvalue weighted by Crippen LogP contribution is -2.21. The van der Waals surface area contributed by atoms with E-state index < -0.39 is 34.1 Å². The molecule has 10 heteroatoms. The minimum atomic E-state index is -4.60. The van der Waals surface area contributed by atoms with Crippen LogP contribution in [-0.4, -0.2) is 32.6 Å². The van der Waals surface area contributed by atoms with Gasteiger partial charge in [0.25, 0.3) is 8.53 Å². The van der Waals surface area contributed by atoms with Crippen molar-refractivity contribution in [1.82, 2.24) is 5.09 Å². The van der Waals surface area contributed by atoms with E-state index in [-0.39, 0.29) is 0 Å². The maximum Gasteiger partial charge on any atom is 0.412 e. The topological polar surface area (TPSA) is 30.5 Å². The highest BCUT2D eigenvalue weighted by molar-refractivity contribution is 7.44. The number of nitrogens with one attached hydrogen (secondary N) is 1. The second-order valence-corrected chi connectivity index (χ2v) is 3.74. The molecule has 0 bridgehead atoms. The van der Waals surface area contributed by atoms with Gasteiger partial charge in [0.15, 0.2) is 13.2 Å². The Hall–Kier alpha value is -0.110. The van der Waals surface area contributed by atoms with Crippen molar-refractivity contribution >= 4 is 8.53 Å². The van der Waals surface area contributed by atoms with Crippen molar-refractivity contribution in [3.05, 3.63) is 0 Å². The van der Waals surface area contributed by atoms with Gasteiger partial charge in [0.2, 0.25) is 0 Å². The lowest BCUT2D eigenvalue weighted by Gasteiger charge is -2.17. The average molecular weight is 259 g/mol. The first-order chi connectivity index (χ1) is 6.64. The summed E-state index contributed by atoms with van der Waals surface area (Å²) in [6.07, 6.45) is -9.20. The summed E-state index contributed by atoms with van der Waals surface area (Å²) in [6, 6.07) is 0. The normalized spacial score (nSPS) is 13.6. The predicted molar refractivity (Wildman–Crippen MR) is 40.0 cm³/mol. The molecule has 1 N–H and O–H groups in total. The fraction of sp³-hybridized carbons (Fsp3) is 1.00. The summed E-state index contributed by atoms with van der Waals surface area (Å²) < 4.78 is 77.8. The van der Waals surface area contributed by atoms with Gasteiger partial charge in [0.1, 0.15) is 0 Å². The van der Waals surface area contributed by atoms with Crippen molar-refractivity contribution in [2.75, 3.05) is 20.3 Å². The highest BCUT2D eigenvalue weighted by Crippen LogP contribution is 2.36. The number of rotatable bonds is 5. The summed E-state index contributed by atoms with van der Waals surface area (Å²) >= 11 is 0. The molecule has 0 saturated heterocycles. The minimum absolute atomic E-state index is 1.14. The lowest BCUT2D eigenvalue weighted by molar-refractivity contribution is -0.162.